The first-order valence-corrected chi connectivity index (χ1v) is 5.96. The fourth-order valence-corrected chi connectivity index (χ4v) is 1.53. The minimum absolute atomic E-state index is 0.262. The van der Waals surface area contributed by atoms with Crippen LogP contribution < -0.4 is 0 Å². The first-order chi connectivity index (χ1) is 8.38. The molecule has 0 unspecified atom stereocenters. The summed E-state index contributed by atoms with van der Waals surface area (Å²) in [5, 5.41) is 18.0. The van der Waals surface area contributed by atoms with Crippen molar-refractivity contribution in [3.8, 4) is 11.5 Å². The molecule has 1 aromatic carbocycles. The molecule has 1 aromatic heterocycles. The maximum absolute atomic E-state index is 10.1. The van der Waals surface area contributed by atoms with Gasteiger partial charge in [-0.1, -0.05) is 38.5 Å². The second-order valence-electron chi connectivity index (χ2n) is 5.58. The number of aromatic nitrogens is 2. The topological polar surface area (TPSA) is 59.2 Å². The summed E-state index contributed by atoms with van der Waals surface area (Å²) in [5.74, 6) is 0.700. The minimum atomic E-state index is -0.760. The van der Waals surface area contributed by atoms with Gasteiger partial charge in [-0.15, -0.1) is 10.2 Å². The van der Waals surface area contributed by atoms with Crippen molar-refractivity contribution in [3.05, 3.63) is 35.7 Å². The summed E-state index contributed by atoms with van der Waals surface area (Å²) in [6, 6.07) is 7.82. The Morgan fingerprint density at radius 2 is 1.72 bits per heavy atom. The summed E-state index contributed by atoms with van der Waals surface area (Å²) in [6.07, 6.45) is -0.760. The predicted octanol–water partition coefficient (Wildman–Crippen LogP) is 3.12. The van der Waals surface area contributed by atoms with Crippen molar-refractivity contribution in [1.82, 2.24) is 10.2 Å². The molecule has 1 atom stereocenters. The van der Waals surface area contributed by atoms with Crippen LogP contribution in [0.5, 0.6) is 0 Å². The molecule has 0 aliphatic heterocycles. The predicted molar refractivity (Wildman–Crippen MR) is 68.9 cm³/mol. The number of aliphatic hydroxyl groups is 1. The highest BCUT2D eigenvalue weighted by atomic mass is 16.4. The molecule has 4 nitrogen and oxygen atoms in total. The maximum atomic E-state index is 10.1. The van der Waals surface area contributed by atoms with Crippen molar-refractivity contribution in [2.24, 2.45) is 5.41 Å². The van der Waals surface area contributed by atoms with Crippen LogP contribution in [-0.4, -0.2) is 15.3 Å². The van der Waals surface area contributed by atoms with Gasteiger partial charge in [0, 0.05) is 5.56 Å². The zero-order valence-electron chi connectivity index (χ0n) is 11.1. The minimum Gasteiger partial charge on any atom is -0.418 e. The van der Waals surface area contributed by atoms with Gasteiger partial charge in [0.15, 0.2) is 0 Å². The number of aryl methyl sites for hydroxylation is 1. The molecule has 0 saturated heterocycles. The zero-order chi connectivity index (χ0) is 13.3. The van der Waals surface area contributed by atoms with Gasteiger partial charge in [0.05, 0.1) is 0 Å². The lowest BCUT2D eigenvalue weighted by atomic mass is 9.89. The summed E-state index contributed by atoms with van der Waals surface area (Å²) in [7, 11) is 0. The summed E-state index contributed by atoms with van der Waals surface area (Å²) in [4.78, 5) is 0. The van der Waals surface area contributed by atoms with E-state index >= 15 is 0 Å². The number of benzene rings is 1. The number of hydrogen-bond acceptors (Lipinski definition) is 4. The fraction of sp³-hybridized carbons (Fsp3) is 0.429. The van der Waals surface area contributed by atoms with Gasteiger partial charge in [-0.3, -0.25) is 0 Å². The van der Waals surface area contributed by atoms with E-state index in [9.17, 15) is 5.11 Å². The van der Waals surface area contributed by atoms with Crippen molar-refractivity contribution in [2.75, 3.05) is 0 Å². The SMILES string of the molecule is Cc1ccc(-c2nnc([C@@H](O)C(C)(C)C)o2)cc1. The third-order valence-corrected chi connectivity index (χ3v) is 2.79. The lowest BCUT2D eigenvalue weighted by Gasteiger charge is -2.22. The van der Waals surface area contributed by atoms with E-state index in [-0.39, 0.29) is 11.3 Å². The highest BCUT2D eigenvalue weighted by Gasteiger charge is 2.28. The van der Waals surface area contributed by atoms with Gasteiger partial charge in [0.2, 0.25) is 11.8 Å². The van der Waals surface area contributed by atoms with E-state index in [1.54, 1.807) is 0 Å². The molecule has 4 heteroatoms. The first kappa shape index (κ1) is 12.8. The van der Waals surface area contributed by atoms with Crippen LogP contribution in [0, 0.1) is 12.3 Å². The Morgan fingerprint density at radius 3 is 2.28 bits per heavy atom. The van der Waals surface area contributed by atoms with Crippen LogP contribution in [0.15, 0.2) is 28.7 Å². The fourth-order valence-electron chi connectivity index (χ4n) is 1.53. The molecule has 0 amide bonds. The highest BCUT2D eigenvalue weighted by molar-refractivity contribution is 5.52. The standard InChI is InChI=1S/C14H18N2O2/c1-9-5-7-10(8-6-9)12-15-16-13(18-12)11(17)14(2,3)4/h5-8,11,17H,1-4H3/t11-/m1/s1. The lowest BCUT2D eigenvalue weighted by molar-refractivity contribution is 0.0391. The van der Waals surface area contributed by atoms with Gasteiger partial charge in [-0.05, 0) is 24.5 Å². The van der Waals surface area contributed by atoms with Crippen LogP contribution in [0.4, 0.5) is 0 Å². The number of aliphatic hydroxyl groups excluding tert-OH is 1. The molecular weight excluding hydrogens is 228 g/mol. The van der Waals surface area contributed by atoms with Crippen LogP contribution in [0.2, 0.25) is 0 Å². The summed E-state index contributed by atoms with van der Waals surface area (Å²) in [6.45, 7) is 7.79. The van der Waals surface area contributed by atoms with Gasteiger partial charge in [0.25, 0.3) is 0 Å². The molecule has 0 aliphatic carbocycles. The van der Waals surface area contributed by atoms with E-state index in [0.29, 0.717) is 5.89 Å². The van der Waals surface area contributed by atoms with Crippen molar-refractivity contribution >= 4 is 0 Å². The Balaban J connectivity index is 2.28. The molecule has 0 aliphatic rings. The lowest BCUT2D eigenvalue weighted by Crippen LogP contribution is -2.18. The monoisotopic (exact) mass is 246 g/mol. The molecule has 1 N–H and O–H groups in total. The van der Waals surface area contributed by atoms with E-state index in [0.717, 1.165) is 5.56 Å². The average molecular weight is 246 g/mol. The van der Waals surface area contributed by atoms with E-state index in [1.807, 2.05) is 52.0 Å². The van der Waals surface area contributed by atoms with Gasteiger partial charge in [0.1, 0.15) is 6.10 Å². The summed E-state index contributed by atoms with van der Waals surface area (Å²) >= 11 is 0. The van der Waals surface area contributed by atoms with Crippen LogP contribution in [-0.2, 0) is 0 Å². The zero-order valence-corrected chi connectivity index (χ0v) is 11.1. The number of hydrogen-bond donors (Lipinski definition) is 1. The van der Waals surface area contributed by atoms with Crippen molar-refractivity contribution in [1.29, 1.82) is 0 Å². The molecule has 0 radical (unpaired) electrons. The van der Waals surface area contributed by atoms with Gasteiger partial charge in [-0.25, -0.2) is 0 Å². The quantitative estimate of drug-likeness (QED) is 0.884. The molecule has 0 bridgehead atoms. The Bertz CT molecular complexity index is 523. The Morgan fingerprint density at radius 1 is 1.11 bits per heavy atom. The number of nitrogens with zero attached hydrogens (tertiary/aromatic N) is 2. The maximum Gasteiger partial charge on any atom is 0.247 e. The van der Waals surface area contributed by atoms with Crippen molar-refractivity contribution in [3.63, 3.8) is 0 Å². The third kappa shape index (κ3) is 2.59. The van der Waals surface area contributed by atoms with Crippen LogP contribution in [0.3, 0.4) is 0 Å². The molecule has 0 saturated carbocycles. The molecule has 2 aromatic rings. The van der Waals surface area contributed by atoms with Crippen LogP contribution >= 0.6 is 0 Å². The highest BCUT2D eigenvalue weighted by Crippen LogP contribution is 2.32. The summed E-state index contributed by atoms with van der Waals surface area (Å²) in [5.41, 5.74) is 1.71. The third-order valence-electron chi connectivity index (χ3n) is 2.79. The van der Waals surface area contributed by atoms with Gasteiger partial charge in [-0.2, -0.15) is 0 Å². The van der Waals surface area contributed by atoms with E-state index < -0.39 is 6.10 Å². The molecular formula is C14H18N2O2. The Hall–Kier alpha value is -1.68. The van der Waals surface area contributed by atoms with Gasteiger partial charge < -0.3 is 9.52 Å². The molecule has 0 spiro atoms. The molecule has 1 heterocycles. The molecule has 0 fully saturated rings. The average Bonchev–Trinajstić information content (AvgIpc) is 2.77. The van der Waals surface area contributed by atoms with Gasteiger partial charge >= 0.3 is 0 Å². The second kappa shape index (κ2) is 4.53. The Kier molecular flexibility index (Phi) is 3.22. The normalized spacial score (nSPS) is 13.6. The van der Waals surface area contributed by atoms with Crippen molar-refractivity contribution < 1.29 is 9.52 Å². The van der Waals surface area contributed by atoms with E-state index in [2.05, 4.69) is 10.2 Å². The van der Waals surface area contributed by atoms with Crippen molar-refractivity contribution in [2.45, 2.75) is 33.8 Å². The largest absolute Gasteiger partial charge is 0.418 e. The Labute approximate surface area is 107 Å². The molecule has 2 rings (SSSR count). The first-order valence-electron chi connectivity index (χ1n) is 5.96. The smallest absolute Gasteiger partial charge is 0.247 e. The second-order valence-corrected chi connectivity index (χ2v) is 5.58. The van der Waals surface area contributed by atoms with E-state index in [4.69, 9.17) is 4.42 Å². The number of rotatable bonds is 2. The van der Waals surface area contributed by atoms with Crippen LogP contribution in [0.1, 0.15) is 38.3 Å². The van der Waals surface area contributed by atoms with E-state index in [1.165, 1.54) is 5.56 Å². The molecule has 18 heavy (non-hydrogen) atoms. The summed E-state index contributed by atoms with van der Waals surface area (Å²) < 4.78 is 5.53. The van der Waals surface area contributed by atoms with Crippen LogP contribution in [0.25, 0.3) is 11.5 Å². The molecule has 96 valence electrons.